The number of rotatable bonds is 8. The molecule has 0 atom stereocenters. The average Bonchev–Trinajstić information content (AvgIpc) is 2.15. The molecule has 6 heteroatoms. The molecule has 77 valence electrons. The van der Waals surface area contributed by atoms with E-state index >= 15 is 0 Å². The van der Waals surface area contributed by atoms with Gasteiger partial charge in [0.15, 0.2) is 0 Å². The highest BCUT2D eigenvalue weighted by Gasteiger charge is 2.37. The van der Waals surface area contributed by atoms with Gasteiger partial charge >= 0.3 is 8.80 Å². The van der Waals surface area contributed by atoms with Gasteiger partial charge in [0.25, 0.3) is 0 Å². The quantitative estimate of drug-likeness (QED) is 0.603. The molecule has 0 saturated carbocycles. The van der Waals surface area contributed by atoms with E-state index < -0.39 is 8.80 Å². The smallest absolute Gasteiger partial charge is 0.415 e. The largest absolute Gasteiger partial charge is 0.490 e. The van der Waals surface area contributed by atoms with Gasteiger partial charge in [-0.1, -0.05) is 0 Å². The zero-order chi connectivity index (χ0) is 10.2. The molecule has 3 radical (unpaired) electrons. The SMILES string of the molecule is CCO[Si](CCCN)(O[Si])OCC. The van der Waals surface area contributed by atoms with Crippen molar-refractivity contribution < 1.29 is 13.0 Å². The highest BCUT2D eigenvalue weighted by Crippen LogP contribution is 2.15. The van der Waals surface area contributed by atoms with Crippen LogP contribution >= 0.6 is 0 Å². The molecule has 0 aromatic carbocycles. The Bertz CT molecular complexity index is 120. The highest BCUT2D eigenvalue weighted by molar-refractivity contribution is 6.63. The summed E-state index contributed by atoms with van der Waals surface area (Å²) >= 11 is 0. The Morgan fingerprint density at radius 2 is 1.77 bits per heavy atom. The summed E-state index contributed by atoms with van der Waals surface area (Å²) < 4.78 is 16.2. The molecule has 0 bridgehead atoms. The van der Waals surface area contributed by atoms with Crippen LogP contribution in [-0.2, 0) is 13.0 Å². The van der Waals surface area contributed by atoms with Crippen LogP contribution in [0.1, 0.15) is 20.3 Å². The van der Waals surface area contributed by atoms with E-state index in [2.05, 4.69) is 10.5 Å². The van der Waals surface area contributed by atoms with Gasteiger partial charge in [-0.15, -0.1) is 0 Å². The molecule has 2 N–H and O–H groups in total. The molecule has 0 aliphatic rings. The lowest BCUT2D eigenvalue weighted by Crippen LogP contribution is -2.45. The predicted molar refractivity (Wildman–Crippen MR) is 54.3 cm³/mol. The molecule has 0 amide bonds. The summed E-state index contributed by atoms with van der Waals surface area (Å²) in [6, 6.07) is 0.759. The molecule has 0 aromatic heterocycles. The second-order valence-corrected chi connectivity index (χ2v) is 5.80. The maximum Gasteiger partial charge on any atom is 0.490 e. The molecular weight excluding hydrogens is 202 g/mol. The van der Waals surface area contributed by atoms with Crippen molar-refractivity contribution in [3.63, 3.8) is 0 Å². The van der Waals surface area contributed by atoms with Crippen molar-refractivity contribution in [2.75, 3.05) is 19.8 Å². The third kappa shape index (κ3) is 4.89. The van der Waals surface area contributed by atoms with E-state index in [0.717, 1.165) is 12.5 Å². The Hall–Kier alpha value is 0.274. The van der Waals surface area contributed by atoms with Crippen LogP contribution in [0.2, 0.25) is 6.04 Å². The fourth-order valence-corrected chi connectivity index (χ4v) is 3.82. The maximum atomic E-state index is 5.51. The molecule has 0 fully saturated rings. The van der Waals surface area contributed by atoms with Crippen molar-refractivity contribution in [3.8, 4) is 0 Å². The number of nitrogens with two attached hydrogens (primary N) is 1. The minimum Gasteiger partial charge on any atom is -0.415 e. The van der Waals surface area contributed by atoms with Crippen molar-refractivity contribution in [2.24, 2.45) is 5.73 Å². The van der Waals surface area contributed by atoms with Crippen molar-refractivity contribution in [1.82, 2.24) is 0 Å². The number of hydrogen-bond acceptors (Lipinski definition) is 4. The van der Waals surface area contributed by atoms with Crippen LogP contribution in [0.3, 0.4) is 0 Å². The maximum absolute atomic E-state index is 5.51. The normalized spacial score (nSPS) is 12.0. The zero-order valence-electron chi connectivity index (χ0n) is 8.34. The van der Waals surface area contributed by atoms with Gasteiger partial charge in [0.05, 0.1) is 0 Å². The van der Waals surface area contributed by atoms with Gasteiger partial charge in [0.2, 0.25) is 10.5 Å². The zero-order valence-corrected chi connectivity index (χ0v) is 10.3. The van der Waals surface area contributed by atoms with E-state index in [1.54, 1.807) is 0 Å². The minimum atomic E-state index is -2.46. The topological polar surface area (TPSA) is 53.7 Å². The molecule has 0 aromatic rings. The molecule has 0 rings (SSSR count). The summed E-state index contributed by atoms with van der Waals surface area (Å²) in [6.07, 6.45) is 0.858. The summed E-state index contributed by atoms with van der Waals surface area (Å²) in [5, 5.41) is 0. The third-order valence-corrected chi connectivity index (χ3v) is 5.24. The summed E-state index contributed by atoms with van der Waals surface area (Å²) in [5.74, 6) is 0. The van der Waals surface area contributed by atoms with Crippen LogP contribution in [0, 0.1) is 0 Å². The van der Waals surface area contributed by atoms with Crippen LogP contribution in [0.15, 0.2) is 0 Å². The summed E-state index contributed by atoms with van der Waals surface area (Å²) in [5.41, 5.74) is 5.42. The van der Waals surface area contributed by atoms with Crippen molar-refractivity contribution in [1.29, 1.82) is 0 Å². The molecule has 13 heavy (non-hydrogen) atoms. The second kappa shape index (κ2) is 7.66. The second-order valence-electron chi connectivity index (χ2n) is 2.54. The van der Waals surface area contributed by atoms with E-state index in [-0.39, 0.29) is 0 Å². The van der Waals surface area contributed by atoms with E-state index in [0.29, 0.717) is 19.8 Å². The van der Waals surface area contributed by atoms with Gasteiger partial charge in [-0.05, 0) is 26.8 Å². The third-order valence-electron chi connectivity index (χ3n) is 1.57. The fourth-order valence-electron chi connectivity index (χ4n) is 1.05. The Labute approximate surface area is 84.7 Å². The molecule has 0 heterocycles. The van der Waals surface area contributed by atoms with Gasteiger partial charge in [0.1, 0.15) is 0 Å². The van der Waals surface area contributed by atoms with Gasteiger partial charge in [-0.2, -0.15) is 0 Å². The lowest BCUT2D eigenvalue weighted by Gasteiger charge is -2.27. The van der Waals surface area contributed by atoms with Gasteiger partial charge in [-0.3, -0.25) is 0 Å². The van der Waals surface area contributed by atoms with E-state index in [9.17, 15) is 0 Å². The van der Waals surface area contributed by atoms with Crippen molar-refractivity contribution in [2.45, 2.75) is 26.3 Å². The van der Waals surface area contributed by atoms with E-state index in [1.807, 2.05) is 13.8 Å². The monoisotopic (exact) mass is 220 g/mol. The Kier molecular flexibility index (Phi) is 7.82. The van der Waals surface area contributed by atoms with Gasteiger partial charge in [0, 0.05) is 19.3 Å². The first-order valence-electron chi connectivity index (χ1n) is 4.57. The molecule has 0 aliphatic carbocycles. The standard InChI is InChI=1S/C7H18NO3Si2/c1-3-9-13(11-12,10-4-2)7-5-6-8/h3-8H2,1-2H3. The molecule has 0 spiro atoms. The Morgan fingerprint density at radius 1 is 1.23 bits per heavy atom. The summed E-state index contributed by atoms with van der Waals surface area (Å²) in [7, 11) is 0.569. The van der Waals surface area contributed by atoms with Crippen LogP contribution in [0.25, 0.3) is 0 Å². The van der Waals surface area contributed by atoms with E-state index in [1.165, 1.54) is 0 Å². The first kappa shape index (κ1) is 13.3. The minimum absolute atomic E-state index is 0.598. The van der Waals surface area contributed by atoms with Crippen LogP contribution in [-0.4, -0.2) is 39.0 Å². The summed E-state index contributed by atoms with van der Waals surface area (Å²) in [6.45, 7) is 5.68. The van der Waals surface area contributed by atoms with Crippen molar-refractivity contribution in [3.05, 3.63) is 0 Å². The molecular formula is C7H18NO3Si2. The first-order valence-corrected chi connectivity index (χ1v) is 6.91. The average molecular weight is 220 g/mol. The van der Waals surface area contributed by atoms with Crippen LogP contribution in [0.5, 0.6) is 0 Å². The molecule has 0 saturated heterocycles. The predicted octanol–water partition coefficient (Wildman–Crippen LogP) is 0.447. The van der Waals surface area contributed by atoms with Crippen LogP contribution < -0.4 is 5.73 Å². The highest BCUT2D eigenvalue weighted by atomic mass is 28.4. The Balaban J connectivity index is 4.07. The lowest BCUT2D eigenvalue weighted by molar-refractivity contribution is 0.120. The molecule has 0 aliphatic heterocycles. The van der Waals surface area contributed by atoms with Crippen LogP contribution in [0.4, 0.5) is 0 Å². The molecule has 4 nitrogen and oxygen atoms in total. The van der Waals surface area contributed by atoms with E-state index in [4.69, 9.17) is 18.7 Å². The van der Waals surface area contributed by atoms with Gasteiger partial charge < -0.3 is 18.7 Å². The van der Waals surface area contributed by atoms with Crippen molar-refractivity contribution >= 4 is 19.3 Å². The lowest BCUT2D eigenvalue weighted by atomic mass is 10.5. The molecule has 0 unspecified atom stereocenters. The first-order chi connectivity index (χ1) is 6.24. The Morgan fingerprint density at radius 3 is 2.08 bits per heavy atom. The fraction of sp³-hybridized carbons (Fsp3) is 1.00. The van der Waals surface area contributed by atoms with Gasteiger partial charge in [-0.25, -0.2) is 0 Å². The summed E-state index contributed by atoms with van der Waals surface area (Å²) in [4.78, 5) is 0. The number of hydrogen-bond donors (Lipinski definition) is 1.